The summed E-state index contributed by atoms with van der Waals surface area (Å²) in [6, 6.07) is 22.4. The molecule has 1 saturated carbocycles. The average molecular weight is 741 g/mol. The molecule has 0 aromatic heterocycles. The summed E-state index contributed by atoms with van der Waals surface area (Å²) in [7, 11) is 0. The lowest BCUT2D eigenvalue weighted by Gasteiger charge is -2.37. The predicted molar refractivity (Wildman–Crippen MR) is 204 cm³/mol. The Hall–Kier alpha value is -5.39. The molecule has 288 valence electrons. The molecule has 2 atom stereocenters. The van der Waals surface area contributed by atoms with Crippen molar-refractivity contribution in [3.63, 3.8) is 0 Å². The maximum atomic E-state index is 14.3. The summed E-state index contributed by atoms with van der Waals surface area (Å²) in [5, 5.41) is 5.52. The molecule has 1 aliphatic heterocycles. The van der Waals surface area contributed by atoms with Gasteiger partial charge in [0.2, 0.25) is 0 Å². The van der Waals surface area contributed by atoms with Gasteiger partial charge in [0.05, 0.1) is 11.6 Å². The Morgan fingerprint density at radius 2 is 1.37 bits per heavy atom. The molecule has 1 heterocycles. The summed E-state index contributed by atoms with van der Waals surface area (Å²) >= 11 is 0. The smallest absolute Gasteiger partial charge is 0.417 e. The first-order valence-corrected chi connectivity index (χ1v) is 18.3. The normalized spacial score (nSPS) is 16.6. The number of hydrogen-bond donors (Lipinski definition) is 2. The molecule has 2 N–H and O–H groups in total. The molecule has 12 heteroatoms. The molecule has 3 aromatic rings. The van der Waals surface area contributed by atoms with Crippen LogP contribution < -0.4 is 10.6 Å². The van der Waals surface area contributed by atoms with E-state index in [1.54, 1.807) is 63.8 Å². The summed E-state index contributed by atoms with van der Waals surface area (Å²) in [5.41, 5.74) is 1.11. The van der Waals surface area contributed by atoms with Gasteiger partial charge in [0.25, 0.3) is 11.8 Å². The zero-order valence-electron chi connectivity index (χ0n) is 32.4. The van der Waals surface area contributed by atoms with Crippen molar-refractivity contribution >= 4 is 30.1 Å². The number of amides is 5. The van der Waals surface area contributed by atoms with Crippen molar-refractivity contribution in [2.45, 2.75) is 116 Å². The van der Waals surface area contributed by atoms with Gasteiger partial charge in [-0.3, -0.25) is 9.59 Å². The summed E-state index contributed by atoms with van der Waals surface area (Å²) in [5.74, 6) is -1.31. The second kappa shape index (κ2) is 15.9. The maximum absolute atomic E-state index is 14.3. The Balaban J connectivity index is 1.32. The van der Waals surface area contributed by atoms with Crippen molar-refractivity contribution in [3.05, 3.63) is 95.6 Å². The molecule has 0 radical (unpaired) electrons. The Kier molecular flexibility index (Phi) is 11.7. The molecule has 3 aromatic carbocycles. The van der Waals surface area contributed by atoms with Crippen molar-refractivity contribution in [3.8, 4) is 11.1 Å². The fourth-order valence-electron chi connectivity index (χ4n) is 6.17. The predicted octanol–water partition coefficient (Wildman–Crippen LogP) is 7.24. The first-order valence-electron chi connectivity index (χ1n) is 18.3. The van der Waals surface area contributed by atoms with Crippen LogP contribution in [0, 0.1) is 0 Å². The molecular weight excluding hydrogens is 688 g/mol. The topological polar surface area (TPSA) is 144 Å². The number of nitrogens with zero attached hydrogens (tertiary/aromatic N) is 2. The van der Waals surface area contributed by atoms with Gasteiger partial charge in [-0.05, 0) is 109 Å². The second-order valence-corrected chi connectivity index (χ2v) is 16.5. The van der Waals surface area contributed by atoms with Crippen LogP contribution in [-0.2, 0) is 32.0 Å². The van der Waals surface area contributed by atoms with E-state index in [9.17, 15) is 24.0 Å². The maximum Gasteiger partial charge on any atom is 0.417 e. The van der Waals surface area contributed by atoms with Gasteiger partial charge in [0, 0.05) is 18.2 Å². The van der Waals surface area contributed by atoms with Crippen LogP contribution in [0.4, 0.5) is 14.4 Å². The summed E-state index contributed by atoms with van der Waals surface area (Å²) in [4.78, 5) is 69.7. The average Bonchev–Trinajstić information content (AvgIpc) is 3.86. The van der Waals surface area contributed by atoms with Gasteiger partial charge in [-0.1, -0.05) is 66.7 Å². The van der Waals surface area contributed by atoms with E-state index in [-0.39, 0.29) is 24.3 Å². The first kappa shape index (κ1) is 39.8. The van der Waals surface area contributed by atoms with E-state index in [0.29, 0.717) is 13.0 Å². The summed E-state index contributed by atoms with van der Waals surface area (Å²) < 4.78 is 16.4. The molecule has 5 rings (SSSR count). The Morgan fingerprint density at radius 1 is 0.796 bits per heavy atom. The number of carbonyl (C=O) groups excluding carboxylic acids is 5. The largest absolute Gasteiger partial charge is 0.447 e. The highest BCUT2D eigenvalue weighted by atomic mass is 16.6. The fraction of sp³-hybridized carbons (Fsp3) is 0.452. The third-order valence-electron chi connectivity index (χ3n) is 8.98. The minimum Gasteiger partial charge on any atom is -0.447 e. The molecule has 0 bridgehead atoms. The number of alkyl carbamates (subject to hydrolysis) is 1. The molecule has 1 aliphatic carbocycles. The minimum absolute atomic E-state index is 0.00891. The van der Waals surface area contributed by atoms with Crippen LogP contribution in [0.3, 0.4) is 0 Å². The van der Waals surface area contributed by atoms with Crippen LogP contribution >= 0.6 is 0 Å². The van der Waals surface area contributed by atoms with E-state index in [1.165, 1.54) is 0 Å². The van der Waals surface area contributed by atoms with Crippen LogP contribution in [-0.4, -0.2) is 81.4 Å². The monoisotopic (exact) mass is 740 g/mol. The number of nitrogens with one attached hydrogen (secondary N) is 2. The number of benzene rings is 3. The van der Waals surface area contributed by atoms with Crippen molar-refractivity contribution in [1.29, 1.82) is 0 Å². The van der Waals surface area contributed by atoms with Crippen molar-refractivity contribution < 1.29 is 38.2 Å². The van der Waals surface area contributed by atoms with Crippen molar-refractivity contribution in [1.82, 2.24) is 20.4 Å². The zero-order chi connectivity index (χ0) is 39.4. The van der Waals surface area contributed by atoms with E-state index in [1.807, 2.05) is 75.4 Å². The van der Waals surface area contributed by atoms with Crippen LogP contribution in [0.5, 0.6) is 0 Å². The van der Waals surface area contributed by atoms with Gasteiger partial charge in [-0.25, -0.2) is 19.3 Å². The quantitative estimate of drug-likeness (QED) is 0.196. The highest BCUT2D eigenvalue weighted by Crippen LogP contribution is 2.31. The van der Waals surface area contributed by atoms with E-state index in [2.05, 4.69) is 10.6 Å². The van der Waals surface area contributed by atoms with Gasteiger partial charge in [0.15, 0.2) is 0 Å². The van der Waals surface area contributed by atoms with E-state index in [0.717, 1.165) is 40.0 Å². The lowest BCUT2D eigenvalue weighted by molar-refractivity contribution is -0.132. The van der Waals surface area contributed by atoms with Crippen LogP contribution in [0.25, 0.3) is 11.1 Å². The van der Waals surface area contributed by atoms with Gasteiger partial charge < -0.3 is 29.7 Å². The second-order valence-electron chi connectivity index (χ2n) is 16.5. The van der Waals surface area contributed by atoms with E-state index >= 15 is 0 Å². The summed E-state index contributed by atoms with van der Waals surface area (Å²) in [6.07, 6.45) is 0.346. The van der Waals surface area contributed by atoms with E-state index in [4.69, 9.17) is 14.2 Å². The third kappa shape index (κ3) is 10.6. The van der Waals surface area contributed by atoms with Crippen LogP contribution in [0.1, 0.15) is 89.7 Å². The summed E-state index contributed by atoms with van der Waals surface area (Å²) in [6.45, 7) is 14.3. The third-order valence-corrected chi connectivity index (χ3v) is 8.98. The standard InChI is InChI=1S/C42H52N4O8/c1-40(2,3)53-37(49)44-42(7,8)34(36(48)46-33(26-52-39(46)51)24-27-12-10-9-11-13-27)43-35(47)31-20-18-30(19-21-31)29-16-14-28(15-17-29)25-45(32-22-23-32)38(50)54-41(4,5)6/h9-21,32-34H,22-26H2,1-8H3,(H,43,47)(H,44,49)/t33-,34-/m1/s1. The first-order chi connectivity index (χ1) is 25.3. The van der Waals surface area contributed by atoms with Gasteiger partial charge in [-0.2, -0.15) is 0 Å². The Bertz CT molecular complexity index is 1820. The van der Waals surface area contributed by atoms with Gasteiger partial charge in [0.1, 0.15) is 23.9 Å². The molecule has 54 heavy (non-hydrogen) atoms. The van der Waals surface area contributed by atoms with Gasteiger partial charge in [-0.15, -0.1) is 0 Å². The van der Waals surface area contributed by atoms with Crippen LogP contribution in [0.2, 0.25) is 0 Å². The number of ether oxygens (including phenoxy) is 3. The van der Waals surface area contributed by atoms with E-state index < -0.39 is 52.8 Å². The van der Waals surface area contributed by atoms with Crippen molar-refractivity contribution in [2.24, 2.45) is 0 Å². The highest BCUT2D eigenvalue weighted by molar-refractivity contribution is 6.02. The fourth-order valence-corrected chi connectivity index (χ4v) is 6.17. The lowest BCUT2D eigenvalue weighted by atomic mass is 9.92. The minimum atomic E-state index is -1.41. The molecule has 0 unspecified atom stereocenters. The molecule has 1 saturated heterocycles. The molecule has 2 fully saturated rings. The number of rotatable bonds is 11. The number of carbonyl (C=O) groups is 5. The van der Waals surface area contributed by atoms with Gasteiger partial charge >= 0.3 is 18.3 Å². The molecular formula is C42H52N4O8. The molecule has 12 nitrogen and oxygen atoms in total. The van der Waals surface area contributed by atoms with Crippen LogP contribution in [0.15, 0.2) is 78.9 Å². The highest BCUT2D eigenvalue weighted by Gasteiger charge is 2.47. The molecule has 0 spiro atoms. The molecule has 5 amide bonds. The SMILES string of the molecule is CC(C)(C)OC(=O)NC(C)(C)[C@H](NC(=O)c1ccc(-c2ccc(CN(C(=O)OC(C)(C)C)C3CC3)cc2)cc1)C(=O)N1C(=O)OC[C@H]1Cc1ccccc1. The Morgan fingerprint density at radius 3 is 1.93 bits per heavy atom. The number of hydrogen-bond acceptors (Lipinski definition) is 8. The molecule has 2 aliphatic rings. The lowest BCUT2D eigenvalue weighted by Crippen LogP contribution is -2.66. The number of cyclic esters (lactones) is 1. The Labute approximate surface area is 317 Å². The van der Waals surface area contributed by atoms with Crippen molar-refractivity contribution in [2.75, 3.05) is 6.61 Å². The zero-order valence-corrected chi connectivity index (χ0v) is 32.4. The number of imide groups is 1.